The summed E-state index contributed by atoms with van der Waals surface area (Å²) in [6, 6.07) is 31.3. The lowest BCUT2D eigenvalue weighted by Gasteiger charge is -2.45. The molecule has 0 radical (unpaired) electrons. The molecule has 1 aromatic heterocycles. The number of Topliss-reactive ketones (excluding diaryl/α,β-unsaturated/α-hetero) is 1. The highest BCUT2D eigenvalue weighted by Crippen LogP contribution is 2.46. The molecule has 0 saturated heterocycles. The van der Waals surface area contributed by atoms with E-state index in [0.717, 1.165) is 17.8 Å². The van der Waals surface area contributed by atoms with E-state index in [-0.39, 0.29) is 23.3 Å². The molecule has 172 valence electrons. The smallest absolute Gasteiger partial charge is 0.175 e. The number of aromatic nitrogens is 2. The van der Waals surface area contributed by atoms with Gasteiger partial charge in [0.1, 0.15) is 5.82 Å². The summed E-state index contributed by atoms with van der Waals surface area (Å²) in [4.78, 5) is 16.2. The van der Waals surface area contributed by atoms with Gasteiger partial charge in [0.2, 0.25) is 0 Å². The molecule has 0 spiro atoms. The van der Waals surface area contributed by atoms with Crippen LogP contribution in [0.5, 0.6) is 0 Å². The van der Waals surface area contributed by atoms with Crippen LogP contribution in [0.25, 0.3) is 0 Å². The van der Waals surface area contributed by atoms with Gasteiger partial charge in [-0.1, -0.05) is 97.9 Å². The molecule has 0 bridgehead atoms. The molecule has 2 heterocycles. The summed E-state index contributed by atoms with van der Waals surface area (Å²) >= 11 is 0. The van der Waals surface area contributed by atoms with Crippen LogP contribution in [0, 0.1) is 0 Å². The minimum absolute atomic E-state index is 0.107. The zero-order chi connectivity index (χ0) is 23.7. The molecule has 34 heavy (non-hydrogen) atoms. The number of benzene rings is 3. The maximum Gasteiger partial charge on any atom is 0.175 e. The largest absolute Gasteiger partial charge is 0.345 e. The number of anilines is 1. The predicted molar refractivity (Wildman–Crippen MR) is 137 cm³/mol. The molecular weight excluding hydrogens is 418 g/mol. The maximum absolute atomic E-state index is 13.9. The summed E-state index contributed by atoms with van der Waals surface area (Å²) in [6.07, 6.45) is 2.69. The van der Waals surface area contributed by atoms with E-state index in [1.54, 1.807) is 6.20 Å². The third kappa shape index (κ3) is 4.05. The van der Waals surface area contributed by atoms with Gasteiger partial charge >= 0.3 is 0 Å². The Hall–Kier alpha value is -3.66. The first-order valence-electron chi connectivity index (χ1n) is 12.0. The first-order chi connectivity index (χ1) is 16.5. The van der Waals surface area contributed by atoms with Crippen molar-refractivity contribution in [3.63, 3.8) is 0 Å². The van der Waals surface area contributed by atoms with Crippen molar-refractivity contribution in [2.75, 3.05) is 4.90 Å². The molecule has 1 aliphatic rings. The van der Waals surface area contributed by atoms with Crippen molar-refractivity contribution in [2.45, 2.75) is 51.2 Å². The van der Waals surface area contributed by atoms with Crippen LogP contribution in [0.15, 0.2) is 97.2 Å². The van der Waals surface area contributed by atoms with Crippen molar-refractivity contribution in [2.24, 2.45) is 0 Å². The molecule has 2 atom stereocenters. The zero-order valence-corrected chi connectivity index (χ0v) is 20.1. The standard InChI is InChI=1S/C30H31N3O/c1-22(24-15-9-5-10-16-24)28(34)26-20-31-33-29(26)32(21-23-13-7-4-8-14-23)27(19-30(33,2)3)25-17-11-6-12-18-25/h4-18,20,22,27H,19,21H2,1-3H3. The van der Waals surface area contributed by atoms with Gasteiger partial charge in [0.25, 0.3) is 0 Å². The highest BCUT2D eigenvalue weighted by molar-refractivity contribution is 6.04. The van der Waals surface area contributed by atoms with E-state index >= 15 is 0 Å². The summed E-state index contributed by atoms with van der Waals surface area (Å²) in [5.74, 6) is 0.783. The molecule has 2 unspecified atom stereocenters. The Morgan fingerprint density at radius 1 is 0.941 bits per heavy atom. The molecule has 3 aromatic carbocycles. The fourth-order valence-electron chi connectivity index (χ4n) is 5.12. The van der Waals surface area contributed by atoms with Gasteiger partial charge in [-0.15, -0.1) is 0 Å². The van der Waals surface area contributed by atoms with Gasteiger partial charge in [-0.3, -0.25) is 4.79 Å². The summed E-state index contributed by atoms with van der Waals surface area (Å²) in [6.45, 7) is 7.14. The fourth-order valence-corrected chi connectivity index (χ4v) is 5.12. The molecule has 4 nitrogen and oxygen atoms in total. The lowest BCUT2D eigenvalue weighted by atomic mass is 9.86. The number of hydrogen-bond acceptors (Lipinski definition) is 3. The Morgan fingerprint density at radius 2 is 1.53 bits per heavy atom. The molecule has 4 heteroatoms. The van der Waals surface area contributed by atoms with Crippen LogP contribution >= 0.6 is 0 Å². The highest BCUT2D eigenvalue weighted by atomic mass is 16.1. The number of carbonyl (C=O) groups excluding carboxylic acids is 1. The minimum atomic E-state index is -0.242. The number of hydrogen-bond donors (Lipinski definition) is 0. The quantitative estimate of drug-likeness (QED) is 0.305. The normalized spacial score (nSPS) is 17.7. The van der Waals surface area contributed by atoms with Gasteiger partial charge in [-0.2, -0.15) is 5.10 Å². The number of nitrogens with zero attached hydrogens (tertiary/aromatic N) is 3. The second kappa shape index (κ2) is 8.94. The Kier molecular flexibility index (Phi) is 5.82. The molecular formula is C30H31N3O. The molecule has 1 aliphatic heterocycles. The third-order valence-corrected chi connectivity index (χ3v) is 7.00. The van der Waals surface area contributed by atoms with Crippen LogP contribution in [0.1, 0.15) is 66.2 Å². The van der Waals surface area contributed by atoms with Crippen molar-refractivity contribution in [3.05, 3.63) is 119 Å². The lowest BCUT2D eigenvalue weighted by Crippen LogP contribution is -2.44. The SMILES string of the molecule is CC(C(=O)c1cnn2c1N(Cc1ccccc1)C(c1ccccc1)CC2(C)C)c1ccccc1. The second-order valence-electron chi connectivity index (χ2n) is 9.85. The Labute approximate surface area is 201 Å². The van der Waals surface area contributed by atoms with E-state index in [2.05, 4.69) is 78.0 Å². The maximum atomic E-state index is 13.9. The number of ketones is 1. The molecule has 4 aromatic rings. The van der Waals surface area contributed by atoms with Crippen LogP contribution in [0.4, 0.5) is 5.82 Å². The Balaban J connectivity index is 1.64. The summed E-state index contributed by atoms with van der Waals surface area (Å²) in [5.41, 5.74) is 3.97. The van der Waals surface area contributed by atoms with Crippen molar-refractivity contribution in [1.29, 1.82) is 0 Å². The fraction of sp³-hybridized carbons (Fsp3) is 0.267. The molecule has 0 N–H and O–H groups in total. The Bertz CT molecular complexity index is 1260. The van der Waals surface area contributed by atoms with Crippen molar-refractivity contribution >= 4 is 11.6 Å². The molecule has 0 aliphatic carbocycles. The number of carbonyl (C=O) groups is 1. The zero-order valence-electron chi connectivity index (χ0n) is 20.1. The molecule has 5 rings (SSSR count). The molecule has 0 fully saturated rings. The van der Waals surface area contributed by atoms with Crippen LogP contribution < -0.4 is 4.90 Å². The van der Waals surface area contributed by atoms with Gasteiger partial charge in [-0.05, 0) is 37.0 Å². The first kappa shape index (κ1) is 22.1. The van der Waals surface area contributed by atoms with Gasteiger partial charge in [-0.25, -0.2) is 4.68 Å². The van der Waals surface area contributed by atoms with Crippen LogP contribution in [0.3, 0.4) is 0 Å². The van der Waals surface area contributed by atoms with Crippen molar-refractivity contribution < 1.29 is 4.79 Å². The average Bonchev–Trinajstić information content (AvgIpc) is 3.33. The molecule has 0 amide bonds. The lowest BCUT2D eigenvalue weighted by molar-refractivity contribution is 0.0965. The third-order valence-electron chi connectivity index (χ3n) is 7.00. The van der Waals surface area contributed by atoms with Crippen LogP contribution in [-0.4, -0.2) is 15.6 Å². The van der Waals surface area contributed by atoms with E-state index in [1.165, 1.54) is 11.1 Å². The highest BCUT2D eigenvalue weighted by Gasteiger charge is 2.42. The summed E-state index contributed by atoms with van der Waals surface area (Å²) in [7, 11) is 0. The average molecular weight is 450 g/mol. The second-order valence-corrected chi connectivity index (χ2v) is 9.85. The van der Waals surface area contributed by atoms with E-state index < -0.39 is 0 Å². The summed E-state index contributed by atoms with van der Waals surface area (Å²) in [5, 5.41) is 4.78. The van der Waals surface area contributed by atoms with Gasteiger partial charge in [0.15, 0.2) is 5.78 Å². The van der Waals surface area contributed by atoms with E-state index in [4.69, 9.17) is 5.10 Å². The van der Waals surface area contributed by atoms with E-state index in [1.807, 2.05) is 43.3 Å². The van der Waals surface area contributed by atoms with E-state index in [9.17, 15) is 4.79 Å². The van der Waals surface area contributed by atoms with Crippen LogP contribution in [0.2, 0.25) is 0 Å². The molecule has 0 saturated carbocycles. The van der Waals surface area contributed by atoms with Gasteiger partial charge in [0.05, 0.1) is 23.3 Å². The monoisotopic (exact) mass is 449 g/mol. The number of rotatable bonds is 6. The first-order valence-corrected chi connectivity index (χ1v) is 12.0. The van der Waals surface area contributed by atoms with E-state index in [0.29, 0.717) is 12.1 Å². The predicted octanol–water partition coefficient (Wildman–Crippen LogP) is 6.76. The number of fused-ring (bicyclic) bond motifs is 1. The van der Waals surface area contributed by atoms with Gasteiger partial charge < -0.3 is 4.90 Å². The Morgan fingerprint density at radius 3 is 2.18 bits per heavy atom. The van der Waals surface area contributed by atoms with Crippen LogP contribution in [-0.2, 0) is 12.1 Å². The minimum Gasteiger partial charge on any atom is -0.345 e. The van der Waals surface area contributed by atoms with Crippen molar-refractivity contribution in [1.82, 2.24) is 9.78 Å². The van der Waals surface area contributed by atoms with Gasteiger partial charge in [0, 0.05) is 12.5 Å². The summed E-state index contributed by atoms with van der Waals surface area (Å²) < 4.78 is 2.07. The van der Waals surface area contributed by atoms with Crippen molar-refractivity contribution in [3.8, 4) is 0 Å². The topological polar surface area (TPSA) is 38.1 Å².